The maximum absolute atomic E-state index is 11.7. The van der Waals surface area contributed by atoms with Crippen LogP contribution in [-0.4, -0.2) is 32.1 Å². The average Bonchev–Trinajstić information content (AvgIpc) is 2.83. The summed E-state index contributed by atoms with van der Waals surface area (Å²) in [4.78, 5) is 19.4. The van der Waals surface area contributed by atoms with Gasteiger partial charge in [0.1, 0.15) is 11.8 Å². The van der Waals surface area contributed by atoms with Crippen LogP contribution in [0.15, 0.2) is 36.9 Å². The minimum atomic E-state index is -0.745. The van der Waals surface area contributed by atoms with E-state index in [1.807, 2.05) is 19.3 Å². The molecule has 2 rings (SSSR count). The van der Waals surface area contributed by atoms with Crippen LogP contribution in [0.4, 0.5) is 0 Å². The lowest BCUT2D eigenvalue weighted by Gasteiger charge is -2.12. The van der Waals surface area contributed by atoms with Gasteiger partial charge in [-0.25, -0.2) is 4.98 Å². The van der Waals surface area contributed by atoms with Crippen LogP contribution in [-0.2, 0) is 7.05 Å². The summed E-state index contributed by atoms with van der Waals surface area (Å²) in [5, 5.41) is 12.5. The van der Waals surface area contributed by atoms with Crippen LogP contribution in [0.25, 0.3) is 0 Å². The number of hydrogen-bond donors (Lipinski definition) is 2. The average molecular weight is 246 g/mol. The Morgan fingerprint density at radius 1 is 1.56 bits per heavy atom. The molecule has 0 aliphatic carbocycles. The number of hydrogen-bond acceptors (Lipinski definition) is 4. The second-order valence-corrected chi connectivity index (χ2v) is 3.86. The lowest BCUT2D eigenvalue weighted by molar-refractivity contribution is 0.0907. The number of nitrogens with one attached hydrogen (secondary N) is 1. The van der Waals surface area contributed by atoms with Gasteiger partial charge in [-0.05, 0) is 12.1 Å². The van der Waals surface area contributed by atoms with Crippen LogP contribution in [0.3, 0.4) is 0 Å². The fourth-order valence-electron chi connectivity index (χ4n) is 1.62. The lowest BCUT2D eigenvalue weighted by Crippen LogP contribution is -2.29. The molecule has 6 nitrogen and oxygen atoms in total. The summed E-state index contributed by atoms with van der Waals surface area (Å²) >= 11 is 0. The predicted octanol–water partition coefficient (Wildman–Crippen LogP) is 0.278. The molecule has 18 heavy (non-hydrogen) atoms. The molecular weight excluding hydrogens is 232 g/mol. The van der Waals surface area contributed by atoms with Gasteiger partial charge in [0.15, 0.2) is 0 Å². The van der Waals surface area contributed by atoms with E-state index >= 15 is 0 Å². The SMILES string of the molecule is Cn1cccc1[C@H](O)CNC(=O)c1cnccn1. The van der Waals surface area contributed by atoms with Crippen molar-refractivity contribution in [2.45, 2.75) is 6.10 Å². The zero-order chi connectivity index (χ0) is 13.0. The highest BCUT2D eigenvalue weighted by Gasteiger charge is 2.13. The third-order valence-electron chi connectivity index (χ3n) is 2.58. The summed E-state index contributed by atoms with van der Waals surface area (Å²) in [6.45, 7) is 0.132. The van der Waals surface area contributed by atoms with Crippen molar-refractivity contribution < 1.29 is 9.90 Å². The molecule has 2 heterocycles. The quantitative estimate of drug-likeness (QED) is 0.812. The number of nitrogens with zero attached hydrogens (tertiary/aromatic N) is 3. The van der Waals surface area contributed by atoms with Gasteiger partial charge in [-0.2, -0.15) is 0 Å². The first-order valence-electron chi connectivity index (χ1n) is 5.52. The maximum Gasteiger partial charge on any atom is 0.271 e. The van der Waals surface area contributed by atoms with Gasteiger partial charge in [0.05, 0.1) is 6.20 Å². The fraction of sp³-hybridized carbons (Fsp3) is 0.250. The summed E-state index contributed by atoms with van der Waals surface area (Å²) < 4.78 is 1.80. The number of carbonyl (C=O) groups is 1. The van der Waals surface area contributed by atoms with Gasteiger partial charge in [-0.1, -0.05) is 0 Å². The molecule has 2 N–H and O–H groups in total. The molecule has 6 heteroatoms. The Labute approximate surface area is 104 Å². The van der Waals surface area contributed by atoms with E-state index in [0.717, 1.165) is 5.69 Å². The molecule has 0 aromatic carbocycles. The van der Waals surface area contributed by atoms with Gasteiger partial charge in [-0.15, -0.1) is 0 Å². The van der Waals surface area contributed by atoms with E-state index in [4.69, 9.17) is 0 Å². The molecule has 0 bridgehead atoms. The number of aliphatic hydroxyl groups excluding tert-OH is 1. The Balaban J connectivity index is 1.93. The first-order valence-corrected chi connectivity index (χ1v) is 5.52. The van der Waals surface area contributed by atoms with Gasteiger partial charge in [0.2, 0.25) is 0 Å². The van der Waals surface area contributed by atoms with Crippen molar-refractivity contribution in [3.8, 4) is 0 Å². The van der Waals surface area contributed by atoms with E-state index in [2.05, 4.69) is 15.3 Å². The Morgan fingerprint density at radius 3 is 3.00 bits per heavy atom. The minimum Gasteiger partial charge on any atom is -0.385 e. The van der Waals surface area contributed by atoms with E-state index in [1.54, 1.807) is 10.6 Å². The normalized spacial score (nSPS) is 12.1. The van der Waals surface area contributed by atoms with Crippen molar-refractivity contribution in [2.75, 3.05) is 6.54 Å². The van der Waals surface area contributed by atoms with Crippen molar-refractivity contribution in [1.82, 2.24) is 19.9 Å². The number of aryl methyl sites for hydroxylation is 1. The number of aliphatic hydroxyl groups is 1. The van der Waals surface area contributed by atoms with Gasteiger partial charge in [0.25, 0.3) is 5.91 Å². The number of amides is 1. The highest BCUT2D eigenvalue weighted by molar-refractivity contribution is 5.91. The Hall–Kier alpha value is -2.21. The Kier molecular flexibility index (Phi) is 3.69. The second kappa shape index (κ2) is 5.42. The fourth-order valence-corrected chi connectivity index (χ4v) is 1.62. The maximum atomic E-state index is 11.7. The number of aromatic nitrogens is 3. The summed E-state index contributed by atoms with van der Waals surface area (Å²) in [6.07, 6.45) is 5.41. The van der Waals surface area contributed by atoms with E-state index in [1.165, 1.54) is 18.6 Å². The van der Waals surface area contributed by atoms with E-state index in [-0.39, 0.29) is 18.1 Å². The monoisotopic (exact) mass is 246 g/mol. The molecule has 1 atom stereocenters. The number of carbonyl (C=O) groups excluding carboxylic acids is 1. The van der Waals surface area contributed by atoms with Crippen molar-refractivity contribution in [3.63, 3.8) is 0 Å². The summed E-state index contributed by atoms with van der Waals surface area (Å²) in [7, 11) is 1.84. The van der Waals surface area contributed by atoms with Gasteiger partial charge >= 0.3 is 0 Å². The molecular formula is C12H14N4O2. The largest absolute Gasteiger partial charge is 0.385 e. The van der Waals surface area contributed by atoms with Crippen molar-refractivity contribution in [1.29, 1.82) is 0 Å². The number of rotatable bonds is 4. The second-order valence-electron chi connectivity index (χ2n) is 3.86. The van der Waals surface area contributed by atoms with Gasteiger partial charge < -0.3 is 15.0 Å². The van der Waals surface area contributed by atoms with Crippen molar-refractivity contribution in [3.05, 3.63) is 48.3 Å². The highest BCUT2D eigenvalue weighted by Crippen LogP contribution is 2.11. The Morgan fingerprint density at radius 2 is 2.39 bits per heavy atom. The first kappa shape index (κ1) is 12.3. The summed E-state index contributed by atoms with van der Waals surface area (Å²) in [6, 6.07) is 3.64. The molecule has 0 fully saturated rings. The minimum absolute atomic E-state index is 0.132. The van der Waals surface area contributed by atoms with Crippen LogP contribution in [0.5, 0.6) is 0 Å². The molecule has 0 saturated heterocycles. The van der Waals surface area contributed by atoms with E-state index in [9.17, 15) is 9.90 Å². The van der Waals surface area contributed by atoms with Crippen LogP contribution in [0, 0.1) is 0 Å². The smallest absolute Gasteiger partial charge is 0.271 e. The topological polar surface area (TPSA) is 80.0 Å². The zero-order valence-electron chi connectivity index (χ0n) is 9.95. The van der Waals surface area contributed by atoms with Crippen molar-refractivity contribution in [2.24, 2.45) is 7.05 Å². The third kappa shape index (κ3) is 2.72. The molecule has 0 saturated carbocycles. The van der Waals surface area contributed by atoms with Crippen LogP contribution >= 0.6 is 0 Å². The predicted molar refractivity (Wildman–Crippen MR) is 64.7 cm³/mol. The molecule has 1 amide bonds. The summed E-state index contributed by atoms with van der Waals surface area (Å²) in [5.74, 6) is -0.351. The lowest BCUT2D eigenvalue weighted by atomic mass is 10.2. The van der Waals surface area contributed by atoms with Crippen LogP contribution in [0.2, 0.25) is 0 Å². The third-order valence-corrected chi connectivity index (χ3v) is 2.58. The Bertz CT molecular complexity index is 524. The zero-order valence-corrected chi connectivity index (χ0v) is 9.95. The van der Waals surface area contributed by atoms with Crippen molar-refractivity contribution >= 4 is 5.91 Å². The molecule has 2 aromatic heterocycles. The van der Waals surface area contributed by atoms with E-state index in [0.29, 0.717) is 0 Å². The van der Waals surface area contributed by atoms with Crippen LogP contribution in [0.1, 0.15) is 22.3 Å². The molecule has 94 valence electrons. The molecule has 0 radical (unpaired) electrons. The van der Waals surface area contributed by atoms with E-state index < -0.39 is 6.10 Å². The molecule has 0 spiro atoms. The molecule has 0 aliphatic heterocycles. The highest BCUT2D eigenvalue weighted by atomic mass is 16.3. The summed E-state index contributed by atoms with van der Waals surface area (Å²) in [5.41, 5.74) is 0.978. The standard InChI is InChI=1S/C12H14N4O2/c1-16-6-2-3-10(16)11(17)8-15-12(18)9-7-13-4-5-14-9/h2-7,11,17H,8H2,1H3,(H,15,18)/t11-/m1/s1. The van der Waals surface area contributed by atoms with Gasteiger partial charge in [0, 0.05) is 37.9 Å². The first-order chi connectivity index (χ1) is 8.68. The molecule has 2 aromatic rings. The molecule has 0 aliphatic rings. The van der Waals surface area contributed by atoms with Gasteiger partial charge in [-0.3, -0.25) is 9.78 Å². The molecule has 0 unspecified atom stereocenters. The van der Waals surface area contributed by atoms with Crippen LogP contribution < -0.4 is 5.32 Å².